The number of aromatic nitrogens is 2. The van der Waals surface area contributed by atoms with E-state index in [9.17, 15) is 19.2 Å². The third kappa shape index (κ3) is 9.23. The molecule has 2 heterocycles. The van der Waals surface area contributed by atoms with Crippen LogP contribution < -0.4 is 0 Å². The Hall–Kier alpha value is -6.02. The van der Waals surface area contributed by atoms with E-state index in [0.717, 1.165) is 79.0 Å². The lowest BCUT2D eigenvalue weighted by molar-refractivity contribution is -0.144. The van der Waals surface area contributed by atoms with Crippen molar-refractivity contribution in [1.82, 2.24) is 9.97 Å². The van der Waals surface area contributed by atoms with Crippen LogP contribution in [0.5, 0.6) is 0 Å². The van der Waals surface area contributed by atoms with Crippen molar-refractivity contribution in [3.63, 3.8) is 0 Å². The molecule has 58 heavy (non-hydrogen) atoms. The van der Waals surface area contributed by atoms with E-state index in [0.29, 0.717) is 35.8 Å². The van der Waals surface area contributed by atoms with Gasteiger partial charge in [-0.15, -0.1) is 0 Å². The highest BCUT2D eigenvalue weighted by atomic mass is 16.5. The van der Waals surface area contributed by atoms with Crippen LogP contribution in [0.25, 0.3) is 33.1 Å². The number of para-hydroxylation sites is 1. The standard InChI is InChI=1S/C50H48N2O6/c53-47(37-9-3-1-4-10-37)31-57-49(55)27-33-15-19-35(20-16-33)40-25-26-51-44-24-23-39(29-43(40)44)46-30-42(41-13-7-8-14-45(41)52-46)36-21-17-34(18-22-36)28-50(56)58-32-48(54)38-11-5-2-6-12-38/h1-14,23-26,29-30,33-36H,15-22,27-28,31-32H2. The van der Waals surface area contributed by atoms with Gasteiger partial charge in [0.1, 0.15) is 0 Å². The summed E-state index contributed by atoms with van der Waals surface area (Å²) in [6.45, 7) is -0.451. The summed E-state index contributed by atoms with van der Waals surface area (Å²) in [6.07, 6.45) is 10.1. The monoisotopic (exact) mass is 772 g/mol. The molecule has 0 saturated heterocycles. The zero-order valence-corrected chi connectivity index (χ0v) is 32.7. The summed E-state index contributed by atoms with van der Waals surface area (Å²) in [5, 5.41) is 2.30. The van der Waals surface area contributed by atoms with Gasteiger partial charge < -0.3 is 9.47 Å². The van der Waals surface area contributed by atoms with Crippen molar-refractivity contribution in [3.8, 4) is 11.3 Å². The number of Topliss-reactive ketones (excluding diaryl/α,β-unsaturated/α-hetero) is 2. The second-order valence-corrected chi connectivity index (χ2v) is 16.0. The zero-order chi connectivity index (χ0) is 39.8. The first-order valence-corrected chi connectivity index (χ1v) is 20.6. The fraction of sp³-hybridized carbons (Fsp3) is 0.320. The van der Waals surface area contributed by atoms with Gasteiger partial charge in [0.05, 0.1) is 16.7 Å². The predicted molar refractivity (Wildman–Crippen MR) is 225 cm³/mol. The first-order valence-electron chi connectivity index (χ1n) is 20.6. The van der Waals surface area contributed by atoms with Gasteiger partial charge in [-0.05, 0) is 116 Å². The summed E-state index contributed by atoms with van der Waals surface area (Å²) in [5.41, 5.74) is 7.59. The summed E-state index contributed by atoms with van der Waals surface area (Å²) in [5.74, 6) is 0.162. The molecule has 294 valence electrons. The van der Waals surface area contributed by atoms with Gasteiger partial charge in [-0.25, -0.2) is 4.98 Å². The van der Waals surface area contributed by atoms with Gasteiger partial charge in [0.25, 0.3) is 0 Å². The smallest absolute Gasteiger partial charge is 0.306 e. The van der Waals surface area contributed by atoms with Gasteiger partial charge in [-0.3, -0.25) is 24.2 Å². The minimum Gasteiger partial charge on any atom is -0.457 e. The molecular weight excluding hydrogens is 725 g/mol. The van der Waals surface area contributed by atoms with E-state index in [-0.39, 0.29) is 48.6 Å². The minimum atomic E-state index is -0.310. The van der Waals surface area contributed by atoms with Gasteiger partial charge in [0, 0.05) is 46.5 Å². The molecule has 0 unspecified atom stereocenters. The molecule has 2 aliphatic rings. The fourth-order valence-electron chi connectivity index (χ4n) is 9.02. The number of ether oxygens (including phenoxy) is 2. The Balaban J connectivity index is 0.913. The molecule has 8 rings (SSSR count). The summed E-state index contributed by atoms with van der Waals surface area (Å²) in [4.78, 5) is 60.1. The molecular formula is C50H48N2O6. The van der Waals surface area contributed by atoms with E-state index in [1.54, 1.807) is 48.5 Å². The highest BCUT2D eigenvalue weighted by molar-refractivity contribution is 5.98. The van der Waals surface area contributed by atoms with Crippen LogP contribution in [0.2, 0.25) is 0 Å². The van der Waals surface area contributed by atoms with Crippen molar-refractivity contribution in [2.24, 2.45) is 11.8 Å². The van der Waals surface area contributed by atoms with Crippen molar-refractivity contribution in [3.05, 3.63) is 144 Å². The van der Waals surface area contributed by atoms with Gasteiger partial charge in [0.2, 0.25) is 0 Å². The van der Waals surface area contributed by atoms with Crippen LogP contribution in [0.1, 0.15) is 108 Å². The molecule has 8 nitrogen and oxygen atoms in total. The molecule has 2 fully saturated rings. The predicted octanol–water partition coefficient (Wildman–Crippen LogP) is 10.6. The number of hydrogen-bond donors (Lipinski definition) is 0. The summed E-state index contributed by atoms with van der Waals surface area (Å²) in [6, 6.07) is 37.1. The van der Waals surface area contributed by atoms with Crippen molar-refractivity contribution < 1.29 is 28.7 Å². The van der Waals surface area contributed by atoms with Gasteiger partial charge in [-0.1, -0.05) is 84.9 Å². The SMILES string of the molecule is O=C(CC1CCC(c2ccnc3ccc(-c4cc(C5CCC(CC(=O)OCC(=O)c6ccccc6)CC5)c5ccccc5n4)cc23)CC1)OCC(=O)c1ccccc1. The summed E-state index contributed by atoms with van der Waals surface area (Å²) >= 11 is 0. The van der Waals surface area contributed by atoms with Crippen LogP contribution >= 0.6 is 0 Å². The summed E-state index contributed by atoms with van der Waals surface area (Å²) in [7, 11) is 0. The minimum absolute atomic E-state index is 0.188. The lowest BCUT2D eigenvalue weighted by Gasteiger charge is -2.29. The first kappa shape index (κ1) is 38.8. The van der Waals surface area contributed by atoms with Gasteiger partial charge >= 0.3 is 11.9 Å². The number of esters is 2. The molecule has 2 aliphatic carbocycles. The van der Waals surface area contributed by atoms with E-state index in [1.165, 1.54) is 16.5 Å². The van der Waals surface area contributed by atoms with Crippen LogP contribution in [-0.2, 0) is 19.1 Å². The van der Waals surface area contributed by atoms with Crippen molar-refractivity contribution >= 4 is 45.3 Å². The number of carbonyl (C=O) groups excluding carboxylic acids is 4. The maximum absolute atomic E-state index is 12.7. The van der Waals surface area contributed by atoms with Crippen LogP contribution in [0, 0.1) is 11.8 Å². The van der Waals surface area contributed by atoms with Crippen LogP contribution in [0.4, 0.5) is 0 Å². The Morgan fingerprint density at radius 2 is 1.05 bits per heavy atom. The van der Waals surface area contributed by atoms with E-state index in [1.807, 2.05) is 24.4 Å². The van der Waals surface area contributed by atoms with E-state index in [2.05, 4.69) is 48.5 Å². The number of rotatable bonds is 13. The van der Waals surface area contributed by atoms with Crippen molar-refractivity contribution in [2.45, 2.75) is 76.0 Å². The van der Waals surface area contributed by atoms with Gasteiger partial charge in [-0.2, -0.15) is 0 Å². The maximum Gasteiger partial charge on any atom is 0.306 e. The number of ketones is 2. The maximum atomic E-state index is 12.7. The summed E-state index contributed by atoms with van der Waals surface area (Å²) < 4.78 is 10.8. The highest BCUT2D eigenvalue weighted by Crippen LogP contribution is 2.43. The molecule has 0 amide bonds. The van der Waals surface area contributed by atoms with E-state index < -0.39 is 0 Å². The lowest BCUT2D eigenvalue weighted by atomic mass is 9.76. The Labute approximate surface area is 339 Å². The number of hydrogen-bond acceptors (Lipinski definition) is 8. The average Bonchev–Trinajstić information content (AvgIpc) is 3.27. The van der Waals surface area contributed by atoms with Crippen molar-refractivity contribution in [2.75, 3.05) is 13.2 Å². The second kappa shape index (κ2) is 18.1. The molecule has 4 aromatic carbocycles. The third-order valence-electron chi connectivity index (χ3n) is 12.2. The van der Waals surface area contributed by atoms with Crippen molar-refractivity contribution in [1.29, 1.82) is 0 Å². The largest absolute Gasteiger partial charge is 0.457 e. The molecule has 0 aliphatic heterocycles. The molecule has 6 aromatic rings. The van der Waals surface area contributed by atoms with Crippen LogP contribution in [-0.4, -0.2) is 46.7 Å². The van der Waals surface area contributed by atoms with Gasteiger partial charge in [0.15, 0.2) is 24.8 Å². The number of benzene rings is 4. The molecule has 0 atom stereocenters. The molecule has 0 spiro atoms. The number of fused-ring (bicyclic) bond motifs is 2. The normalized spacial score (nSPS) is 19.4. The Morgan fingerprint density at radius 3 is 1.64 bits per heavy atom. The Kier molecular flexibility index (Phi) is 12.1. The molecule has 0 radical (unpaired) electrons. The fourth-order valence-corrected chi connectivity index (χ4v) is 9.02. The van der Waals surface area contributed by atoms with Crippen LogP contribution in [0.15, 0.2) is 121 Å². The topological polar surface area (TPSA) is 113 Å². The molecule has 2 saturated carbocycles. The molecule has 0 N–H and O–H groups in total. The second-order valence-electron chi connectivity index (χ2n) is 16.0. The third-order valence-corrected chi connectivity index (χ3v) is 12.2. The lowest BCUT2D eigenvalue weighted by Crippen LogP contribution is -2.20. The zero-order valence-electron chi connectivity index (χ0n) is 32.7. The quantitative estimate of drug-likeness (QED) is 0.0842. The van der Waals surface area contributed by atoms with E-state index >= 15 is 0 Å². The first-order chi connectivity index (χ1) is 28.4. The Bertz CT molecular complexity index is 2410. The highest BCUT2D eigenvalue weighted by Gasteiger charge is 2.28. The van der Waals surface area contributed by atoms with Crippen LogP contribution in [0.3, 0.4) is 0 Å². The average molecular weight is 773 g/mol. The Morgan fingerprint density at radius 1 is 0.517 bits per heavy atom. The number of nitrogens with zero attached hydrogens (tertiary/aromatic N) is 2. The molecule has 2 aromatic heterocycles. The number of pyridine rings is 2. The molecule has 0 bridgehead atoms. The van der Waals surface area contributed by atoms with E-state index in [4.69, 9.17) is 19.4 Å². The number of carbonyl (C=O) groups is 4. The molecule has 8 heteroatoms.